The van der Waals surface area contributed by atoms with Gasteiger partial charge in [-0.2, -0.15) is 0 Å². The normalized spacial score (nSPS) is 34.4. The number of fused-ring (bicyclic) bond motifs is 2. The van der Waals surface area contributed by atoms with Crippen LogP contribution in [-0.4, -0.2) is 99.1 Å². The van der Waals surface area contributed by atoms with Crippen molar-refractivity contribution in [1.29, 1.82) is 0 Å². The summed E-state index contributed by atoms with van der Waals surface area (Å²) in [6.45, 7) is 9.48. The van der Waals surface area contributed by atoms with Gasteiger partial charge >= 0.3 is 5.97 Å². The molecule has 1 spiro atoms. The van der Waals surface area contributed by atoms with E-state index in [1.165, 1.54) is 4.90 Å². The van der Waals surface area contributed by atoms with Crippen molar-refractivity contribution < 1.29 is 33.8 Å². The second-order valence-corrected chi connectivity index (χ2v) is 13.3. The van der Waals surface area contributed by atoms with Crippen LogP contribution >= 0.6 is 0 Å². The highest BCUT2D eigenvalue weighted by molar-refractivity contribution is 5.99. The molecule has 0 bridgehead atoms. The fraction of sp³-hybridized carbons (Fsp3) is 0.588. The second kappa shape index (κ2) is 12.1. The third-order valence-electron chi connectivity index (χ3n) is 9.75. The molecule has 1 N–H and O–H groups in total. The first-order valence-corrected chi connectivity index (χ1v) is 15.6. The molecule has 0 aliphatic carbocycles. The number of aliphatic hydroxyl groups excluding tert-OH is 1. The summed E-state index contributed by atoms with van der Waals surface area (Å²) in [5.41, 5.74) is -1.28. The average Bonchev–Trinajstić information content (AvgIpc) is 3.37. The van der Waals surface area contributed by atoms with Gasteiger partial charge in [-0.3, -0.25) is 19.2 Å². The first kappa shape index (κ1) is 31.9. The molecule has 4 aliphatic heterocycles. The lowest BCUT2D eigenvalue weighted by Crippen LogP contribution is -2.60. The standard InChI is InChI=1S/C34H45N3O7/c1-7-23(20-38)37-29-31(41)36(33(3,4)5)19-13-18-34(29)27(30(37)40)26-24(44-34)16-11-12-17-25(39)35(6)21(2)28(43-32(26)42)22-14-9-8-10-15-22/h8-11,13-16,18,21,23-24,26-29,38H,7,12,17,19-20H2,1-6H3/b16-11-/t21-,23-,24-,26+,27+,28+,29-,34+/m0/s1. The molecule has 238 valence electrons. The summed E-state index contributed by atoms with van der Waals surface area (Å²) in [6.07, 6.45) is 6.59. The van der Waals surface area contributed by atoms with E-state index in [1.807, 2.05) is 71.0 Å². The van der Waals surface area contributed by atoms with Crippen LogP contribution < -0.4 is 0 Å². The number of aliphatic hydroxyl groups is 1. The maximum atomic E-state index is 14.6. The molecule has 4 aliphatic rings. The zero-order valence-corrected chi connectivity index (χ0v) is 26.5. The maximum Gasteiger partial charge on any atom is 0.313 e. The molecular formula is C34H45N3O7. The number of esters is 1. The Kier molecular flexibility index (Phi) is 8.79. The summed E-state index contributed by atoms with van der Waals surface area (Å²) in [7, 11) is 1.70. The third-order valence-corrected chi connectivity index (χ3v) is 9.75. The van der Waals surface area contributed by atoms with Crippen molar-refractivity contribution in [3.63, 3.8) is 0 Å². The number of likely N-dealkylation sites (tertiary alicyclic amines) is 1. The number of nitrogens with zero attached hydrogens (tertiary/aromatic N) is 3. The van der Waals surface area contributed by atoms with Crippen LogP contribution in [0.5, 0.6) is 0 Å². The minimum absolute atomic E-state index is 0.0841. The van der Waals surface area contributed by atoms with Crippen LogP contribution in [0.2, 0.25) is 0 Å². The summed E-state index contributed by atoms with van der Waals surface area (Å²) in [5, 5.41) is 10.4. The maximum absolute atomic E-state index is 14.6. The Labute approximate surface area is 259 Å². The number of carbonyl (C=O) groups excluding carboxylic acids is 4. The molecule has 10 nitrogen and oxygen atoms in total. The minimum atomic E-state index is -1.45. The lowest BCUT2D eigenvalue weighted by Gasteiger charge is -2.42. The molecule has 2 saturated heterocycles. The lowest BCUT2D eigenvalue weighted by atomic mass is 9.77. The smallest absolute Gasteiger partial charge is 0.313 e. The van der Waals surface area contributed by atoms with Crippen LogP contribution in [0.4, 0.5) is 0 Å². The highest BCUT2D eigenvalue weighted by Gasteiger charge is 2.72. The van der Waals surface area contributed by atoms with Crippen LogP contribution in [0.1, 0.15) is 65.5 Å². The van der Waals surface area contributed by atoms with Gasteiger partial charge in [0, 0.05) is 25.6 Å². The number of carbonyl (C=O) groups is 4. The van der Waals surface area contributed by atoms with Crippen LogP contribution in [0.15, 0.2) is 54.6 Å². The van der Waals surface area contributed by atoms with Crippen molar-refractivity contribution in [1.82, 2.24) is 14.7 Å². The lowest BCUT2D eigenvalue weighted by molar-refractivity contribution is -0.165. The zero-order chi connectivity index (χ0) is 32.0. The zero-order valence-electron chi connectivity index (χ0n) is 26.5. The molecule has 2 fully saturated rings. The summed E-state index contributed by atoms with van der Waals surface area (Å²) < 4.78 is 13.0. The van der Waals surface area contributed by atoms with E-state index in [2.05, 4.69) is 0 Å². The number of hydrogen-bond donors (Lipinski definition) is 1. The second-order valence-electron chi connectivity index (χ2n) is 13.3. The first-order valence-electron chi connectivity index (χ1n) is 15.6. The number of likely N-dealkylation sites (N-methyl/N-ethyl adjacent to an activating group) is 1. The Morgan fingerprint density at radius 1 is 1.07 bits per heavy atom. The molecule has 5 rings (SSSR count). The first-order chi connectivity index (χ1) is 20.9. The number of amides is 3. The van der Waals surface area contributed by atoms with Gasteiger partial charge in [0.1, 0.15) is 23.7 Å². The Morgan fingerprint density at radius 2 is 1.77 bits per heavy atom. The monoisotopic (exact) mass is 607 g/mol. The Bertz CT molecular complexity index is 1330. The molecule has 3 amide bonds. The van der Waals surface area contributed by atoms with Crippen molar-refractivity contribution in [2.75, 3.05) is 20.2 Å². The predicted octanol–water partition coefficient (Wildman–Crippen LogP) is 3.02. The number of ether oxygens (including phenoxy) is 2. The van der Waals surface area contributed by atoms with Gasteiger partial charge in [0.25, 0.3) is 0 Å². The fourth-order valence-electron chi connectivity index (χ4n) is 7.24. The van der Waals surface area contributed by atoms with Crippen LogP contribution in [0.25, 0.3) is 0 Å². The number of hydrogen-bond acceptors (Lipinski definition) is 7. The van der Waals surface area contributed by atoms with Crippen molar-refractivity contribution >= 4 is 23.7 Å². The summed E-state index contributed by atoms with van der Waals surface area (Å²) >= 11 is 0. The third kappa shape index (κ3) is 5.26. The van der Waals surface area contributed by atoms with Gasteiger partial charge in [0.15, 0.2) is 0 Å². The molecule has 10 heteroatoms. The number of rotatable bonds is 4. The Balaban J connectivity index is 1.65. The number of cyclic esters (lactones) is 1. The van der Waals surface area contributed by atoms with E-state index < -0.39 is 65.2 Å². The molecular weight excluding hydrogens is 562 g/mol. The molecule has 4 heterocycles. The van der Waals surface area contributed by atoms with E-state index in [0.717, 1.165) is 5.56 Å². The highest BCUT2D eigenvalue weighted by atomic mass is 16.6. The van der Waals surface area contributed by atoms with Crippen LogP contribution in [0.3, 0.4) is 0 Å². The molecule has 1 aromatic carbocycles. The topological polar surface area (TPSA) is 117 Å². The molecule has 8 atom stereocenters. The van der Waals surface area contributed by atoms with E-state index in [4.69, 9.17) is 9.47 Å². The van der Waals surface area contributed by atoms with E-state index >= 15 is 0 Å². The van der Waals surface area contributed by atoms with Crippen molar-refractivity contribution in [2.45, 2.75) is 95.4 Å². The molecule has 0 saturated carbocycles. The van der Waals surface area contributed by atoms with Crippen LogP contribution in [0, 0.1) is 11.8 Å². The minimum Gasteiger partial charge on any atom is -0.455 e. The molecule has 44 heavy (non-hydrogen) atoms. The SMILES string of the molecule is CC[C@@H](CO)N1C(=O)[C@H]2[C@@H]3C(=O)O[C@@H](c4ccccc4)[C@H](C)N(C)C(=O)CC/C=C\[C@@H]3O[C@]23C=CCN(C(C)(C)C)C(=O)[C@H]13. The Hall–Kier alpha value is -3.50. The van der Waals surface area contributed by atoms with Crippen molar-refractivity contribution in [3.05, 3.63) is 60.2 Å². The van der Waals surface area contributed by atoms with Gasteiger partial charge in [-0.1, -0.05) is 61.6 Å². The molecule has 1 aromatic rings. The van der Waals surface area contributed by atoms with Gasteiger partial charge in [0.2, 0.25) is 17.7 Å². The van der Waals surface area contributed by atoms with Crippen molar-refractivity contribution in [3.8, 4) is 0 Å². The summed E-state index contributed by atoms with van der Waals surface area (Å²) in [4.78, 5) is 61.2. The number of allylic oxidation sites excluding steroid dienone is 1. The summed E-state index contributed by atoms with van der Waals surface area (Å²) in [5.74, 6) is -3.52. The number of benzene rings is 1. The van der Waals surface area contributed by atoms with E-state index in [0.29, 0.717) is 19.4 Å². The van der Waals surface area contributed by atoms with Crippen molar-refractivity contribution in [2.24, 2.45) is 11.8 Å². The predicted molar refractivity (Wildman–Crippen MR) is 163 cm³/mol. The quantitative estimate of drug-likeness (QED) is 0.413. The van der Waals surface area contributed by atoms with E-state index in [9.17, 15) is 24.3 Å². The van der Waals surface area contributed by atoms with Gasteiger partial charge in [0.05, 0.1) is 30.7 Å². The van der Waals surface area contributed by atoms with Gasteiger partial charge in [-0.15, -0.1) is 0 Å². The molecule has 0 radical (unpaired) electrons. The van der Waals surface area contributed by atoms with Gasteiger partial charge < -0.3 is 29.3 Å². The molecule has 0 aromatic heterocycles. The molecule has 0 unspecified atom stereocenters. The largest absolute Gasteiger partial charge is 0.455 e. The van der Waals surface area contributed by atoms with Gasteiger partial charge in [-0.25, -0.2) is 0 Å². The fourth-order valence-corrected chi connectivity index (χ4v) is 7.24. The Morgan fingerprint density at radius 3 is 2.41 bits per heavy atom. The van der Waals surface area contributed by atoms with Gasteiger partial charge in [-0.05, 0) is 46.1 Å². The van der Waals surface area contributed by atoms with E-state index in [1.54, 1.807) is 35.1 Å². The van der Waals surface area contributed by atoms with Crippen LogP contribution in [-0.2, 0) is 28.7 Å². The van der Waals surface area contributed by atoms with E-state index in [-0.39, 0.29) is 24.8 Å². The average molecular weight is 608 g/mol. The highest BCUT2D eigenvalue weighted by Crippen LogP contribution is 2.54. The summed E-state index contributed by atoms with van der Waals surface area (Å²) in [6, 6.07) is 7.05.